The number of hydrogen-bond donors (Lipinski definition) is 1. The van der Waals surface area contributed by atoms with E-state index in [0.717, 1.165) is 32.5 Å². The number of Topliss-reactive ketones (excluding diaryl/α,β-unsaturated/α-hetero) is 1. The lowest BCUT2D eigenvalue weighted by Crippen LogP contribution is -2.39. The number of unbranched alkanes of at least 4 members (excludes halogenated alkanes) is 1. The van der Waals surface area contributed by atoms with Gasteiger partial charge in [-0.1, -0.05) is 19.4 Å². The fourth-order valence-electron chi connectivity index (χ4n) is 5.06. The minimum atomic E-state index is -0.768. The van der Waals surface area contributed by atoms with Crippen molar-refractivity contribution in [3.05, 3.63) is 59.2 Å². The summed E-state index contributed by atoms with van der Waals surface area (Å²) < 4.78 is 22.5. The van der Waals surface area contributed by atoms with Crippen LogP contribution in [0.4, 0.5) is 0 Å². The van der Waals surface area contributed by atoms with Gasteiger partial charge in [-0.15, -0.1) is 0 Å². The molecular weight excluding hydrogens is 512 g/mol. The Bertz CT molecular complexity index is 1190. The second kappa shape index (κ2) is 14.2. The molecule has 2 heterocycles. The number of carbonyl (C=O) groups excluding carboxylic acids is 2. The molecule has 40 heavy (non-hydrogen) atoms. The fourth-order valence-corrected chi connectivity index (χ4v) is 5.06. The van der Waals surface area contributed by atoms with Crippen LogP contribution in [-0.2, 0) is 14.3 Å². The maximum absolute atomic E-state index is 13.4. The van der Waals surface area contributed by atoms with E-state index >= 15 is 0 Å². The summed E-state index contributed by atoms with van der Waals surface area (Å²) >= 11 is 0. The van der Waals surface area contributed by atoms with Crippen molar-refractivity contribution in [1.29, 1.82) is 0 Å². The molecule has 216 valence electrons. The van der Waals surface area contributed by atoms with Gasteiger partial charge in [0.1, 0.15) is 11.5 Å². The number of ketones is 1. The number of nitrogens with zero attached hydrogens (tertiary/aromatic N) is 2. The number of carbonyl (C=O) groups is 2. The number of aliphatic hydroxyl groups is 1. The van der Waals surface area contributed by atoms with Crippen LogP contribution in [0.25, 0.3) is 5.76 Å². The van der Waals surface area contributed by atoms with E-state index in [0.29, 0.717) is 67.8 Å². The summed E-state index contributed by atoms with van der Waals surface area (Å²) in [5, 5.41) is 11.4. The lowest BCUT2D eigenvalue weighted by atomic mass is 9.95. The minimum absolute atomic E-state index is 0.0589. The SMILES string of the molecule is CCCCOc1ccc(C2C(=C(O)c3ccc(OC)cc3)C(=O)C(=O)N2CCCN2CCOCC2)cc1OCC. The third-order valence-electron chi connectivity index (χ3n) is 7.22. The van der Waals surface area contributed by atoms with Gasteiger partial charge >= 0.3 is 0 Å². The molecule has 9 heteroatoms. The summed E-state index contributed by atoms with van der Waals surface area (Å²) in [4.78, 5) is 30.7. The number of ether oxygens (including phenoxy) is 4. The number of methoxy groups -OCH3 is 1. The van der Waals surface area contributed by atoms with E-state index in [1.807, 2.05) is 25.1 Å². The Morgan fingerprint density at radius 1 is 0.975 bits per heavy atom. The maximum Gasteiger partial charge on any atom is 0.295 e. The largest absolute Gasteiger partial charge is 0.507 e. The predicted octanol–water partition coefficient (Wildman–Crippen LogP) is 4.42. The third-order valence-corrected chi connectivity index (χ3v) is 7.22. The predicted molar refractivity (Wildman–Crippen MR) is 152 cm³/mol. The number of likely N-dealkylation sites (tertiary alicyclic amines) is 1. The van der Waals surface area contributed by atoms with Crippen LogP contribution in [0.1, 0.15) is 50.3 Å². The molecule has 0 spiro atoms. The second-order valence-electron chi connectivity index (χ2n) is 9.87. The van der Waals surface area contributed by atoms with Crippen LogP contribution in [0.2, 0.25) is 0 Å². The topological polar surface area (TPSA) is 97.8 Å². The minimum Gasteiger partial charge on any atom is -0.507 e. The van der Waals surface area contributed by atoms with Crippen LogP contribution in [0.3, 0.4) is 0 Å². The molecule has 9 nitrogen and oxygen atoms in total. The molecule has 1 amide bonds. The summed E-state index contributed by atoms with van der Waals surface area (Å²) in [6.45, 7) is 9.21. The summed E-state index contributed by atoms with van der Waals surface area (Å²) in [5.74, 6) is 0.228. The highest BCUT2D eigenvalue weighted by Crippen LogP contribution is 2.42. The molecule has 1 N–H and O–H groups in total. The van der Waals surface area contributed by atoms with Crippen molar-refractivity contribution in [3.63, 3.8) is 0 Å². The highest BCUT2D eigenvalue weighted by atomic mass is 16.5. The van der Waals surface area contributed by atoms with Crippen molar-refractivity contribution in [1.82, 2.24) is 9.80 Å². The van der Waals surface area contributed by atoms with E-state index in [1.165, 1.54) is 0 Å². The summed E-state index contributed by atoms with van der Waals surface area (Å²) in [5.41, 5.74) is 1.16. The number of benzene rings is 2. The Morgan fingerprint density at radius 2 is 1.73 bits per heavy atom. The second-order valence-corrected chi connectivity index (χ2v) is 9.87. The monoisotopic (exact) mass is 552 g/mol. The van der Waals surface area contributed by atoms with Crippen molar-refractivity contribution in [3.8, 4) is 17.2 Å². The zero-order valence-electron chi connectivity index (χ0n) is 23.7. The van der Waals surface area contributed by atoms with Gasteiger partial charge in [-0.2, -0.15) is 0 Å². The smallest absolute Gasteiger partial charge is 0.295 e. The molecule has 1 unspecified atom stereocenters. The van der Waals surface area contributed by atoms with Gasteiger partial charge in [-0.25, -0.2) is 0 Å². The van der Waals surface area contributed by atoms with Crippen LogP contribution in [0.5, 0.6) is 17.2 Å². The highest BCUT2D eigenvalue weighted by Gasteiger charge is 2.46. The van der Waals surface area contributed by atoms with Crippen LogP contribution in [0.15, 0.2) is 48.0 Å². The molecule has 4 rings (SSSR count). The van der Waals surface area contributed by atoms with E-state index in [9.17, 15) is 14.7 Å². The van der Waals surface area contributed by atoms with Crippen LogP contribution < -0.4 is 14.2 Å². The van der Waals surface area contributed by atoms with Crippen molar-refractivity contribution >= 4 is 17.4 Å². The first-order valence-corrected chi connectivity index (χ1v) is 14.1. The molecule has 2 aliphatic rings. The molecule has 1 atom stereocenters. The number of rotatable bonds is 13. The first-order valence-electron chi connectivity index (χ1n) is 14.1. The first-order chi connectivity index (χ1) is 19.5. The molecule has 0 aromatic heterocycles. The molecule has 0 aliphatic carbocycles. The average Bonchev–Trinajstić information content (AvgIpc) is 3.23. The maximum atomic E-state index is 13.4. The number of aliphatic hydroxyl groups excluding tert-OH is 1. The van der Waals surface area contributed by atoms with Crippen LogP contribution in [0, 0.1) is 0 Å². The molecule has 0 radical (unpaired) electrons. The van der Waals surface area contributed by atoms with E-state index in [2.05, 4.69) is 11.8 Å². The van der Waals surface area contributed by atoms with Gasteiger partial charge in [-0.3, -0.25) is 14.5 Å². The van der Waals surface area contributed by atoms with E-state index in [-0.39, 0.29) is 11.3 Å². The van der Waals surface area contributed by atoms with Gasteiger partial charge in [0.2, 0.25) is 0 Å². The fraction of sp³-hybridized carbons (Fsp3) is 0.484. The van der Waals surface area contributed by atoms with Crippen molar-refractivity contribution in [2.45, 2.75) is 39.2 Å². The van der Waals surface area contributed by atoms with E-state index < -0.39 is 17.7 Å². The van der Waals surface area contributed by atoms with Crippen LogP contribution in [-0.4, -0.2) is 86.3 Å². The van der Waals surface area contributed by atoms with Crippen LogP contribution >= 0.6 is 0 Å². The zero-order chi connectivity index (χ0) is 28.5. The van der Waals surface area contributed by atoms with Gasteiger partial charge in [0, 0.05) is 31.7 Å². The Hall–Kier alpha value is -3.56. The van der Waals surface area contributed by atoms with Crippen molar-refractivity contribution in [2.75, 3.05) is 59.7 Å². The third kappa shape index (κ3) is 6.77. The molecular formula is C31H40N2O7. The molecule has 2 aromatic carbocycles. The lowest BCUT2D eigenvalue weighted by molar-refractivity contribution is -0.140. The Kier molecular flexibility index (Phi) is 10.4. The van der Waals surface area contributed by atoms with Crippen molar-refractivity contribution < 1.29 is 33.6 Å². The molecule has 2 saturated heterocycles. The van der Waals surface area contributed by atoms with Gasteiger partial charge in [0.05, 0.1) is 45.2 Å². The summed E-state index contributed by atoms with van der Waals surface area (Å²) in [6.07, 6.45) is 2.60. The summed E-state index contributed by atoms with van der Waals surface area (Å²) in [7, 11) is 1.56. The Labute approximate surface area is 236 Å². The quantitative estimate of drug-likeness (QED) is 0.169. The number of morpholine rings is 1. The van der Waals surface area contributed by atoms with Gasteiger partial charge in [0.15, 0.2) is 11.5 Å². The first kappa shape index (κ1) is 29.4. The molecule has 2 fully saturated rings. The zero-order valence-corrected chi connectivity index (χ0v) is 23.7. The average molecular weight is 553 g/mol. The standard InChI is InChI=1S/C31H40N2O7/c1-4-6-18-40-25-13-10-23(21-26(25)39-5-2)28-27(29(34)22-8-11-24(37-3)12-9-22)30(35)31(36)33(28)15-7-14-32-16-19-38-20-17-32/h8-13,21,28,34H,4-7,14-20H2,1-3H3. The normalized spacial score (nSPS) is 19.2. The Balaban J connectivity index is 1.71. The lowest BCUT2D eigenvalue weighted by Gasteiger charge is -2.29. The Morgan fingerprint density at radius 3 is 2.40 bits per heavy atom. The molecule has 0 bridgehead atoms. The molecule has 0 saturated carbocycles. The van der Waals surface area contributed by atoms with E-state index in [1.54, 1.807) is 36.3 Å². The number of hydrogen-bond acceptors (Lipinski definition) is 8. The highest BCUT2D eigenvalue weighted by molar-refractivity contribution is 6.46. The molecule has 2 aromatic rings. The van der Waals surface area contributed by atoms with Gasteiger partial charge < -0.3 is 29.0 Å². The van der Waals surface area contributed by atoms with E-state index in [4.69, 9.17) is 18.9 Å². The van der Waals surface area contributed by atoms with Crippen molar-refractivity contribution in [2.24, 2.45) is 0 Å². The summed E-state index contributed by atoms with van der Waals surface area (Å²) in [6, 6.07) is 11.5. The van der Waals surface area contributed by atoms with Gasteiger partial charge in [-0.05, 0) is 61.7 Å². The number of amides is 1. The van der Waals surface area contributed by atoms with Gasteiger partial charge in [0.25, 0.3) is 11.7 Å². The molecule has 2 aliphatic heterocycles.